The van der Waals surface area contributed by atoms with Crippen LogP contribution >= 0.6 is 0 Å². The summed E-state index contributed by atoms with van der Waals surface area (Å²) in [6.45, 7) is 10.9. The van der Waals surface area contributed by atoms with Crippen molar-refractivity contribution in [2.75, 3.05) is 0 Å². The van der Waals surface area contributed by atoms with Crippen LogP contribution in [0.3, 0.4) is 0 Å². The van der Waals surface area contributed by atoms with Gasteiger partial charge in [0.25, 0.3) is 11.5 Å². The van der Waals surface area contributed by atoms with E-state index >= 15 is 4.39 Å². The number of benzene rings is 1. The van der Waals surface area contributed by atoms with Crippen molar-refractivity contribution in [2.45, 2.75) is 98.1 Å². The lowest BCUT2D eigenvalue weighted by atomic mass is 9.81. The number of hydrogen-bond donors (Lipinski definition) is 4. The van der Waals surface area contributed by atoms with Crippen molar-refractivity contribution in [1.82, 2.24) is 25.7 Å². The van der Waals surface area contributed by atoms with E-state index in [-0.39, 0.29) is 30.7 Å². The zero-order valence-corrected chi connectivity index (χ0v) is 27.8. The highest BCUT2D eigenvalue weighted by atomic mass is 19.1. The normalized spacial score (nSPS) is 19.5. The molecule has 3 amide bonds. The summed E-state index contributed by atoms with van der Waals surface area (Å²) < 4.78 is 27.0. The number of aliphatic hydroxyl groups is 1. The fraction of sp³-hybridized carbons (Fsp3) is 0.471. The molecule has 3 aliphatic rings. The summed E-state index contributed by atoms with van der Waals surface area (Å²) >= 11 is 0. The van der Waals surface area contributed by atoms with Crippen LogP contribution in [-0.2, 0) is 49.0 Å². The average molecular weight is 664 g/mol. The van der Waals surface area contributed by atoms with E-state index in [0.29, 0.717) is 51.8 Å². The molecular formula is C34H38FN5O8. The van der Waals surface area contributed by atoms with Gasteiger partial charge in [-0.25, -0.2) is 24.4 Å². The van der Waals surface area contributed by atoms with E-state index in [2.05, 4.69) is 16.2 Å². The number of cyclic esters (lactones) is 1. The monoisotopic (exact) mass is 663 g/mol. The van der Waals surface area contributed by atoms with E-state index in [0.717, 1.165) is 5.56 Å². The van der Waals surface area contributed by atoms with Crippen molar-refractivity contribution in [1.29, 1.82) is 0 Å². The number of amides is 3. The van der Waals surface area contributed by atoms with Crippen LogP contribution in [0, 0.1) is 18.2 Å². The van der Waals surface area contributed by atoms with Crippen LogP contribution < -0.4 is 21.7 Å². The number of hydrogen-bond acceptors (Lipinski definition) is 9. The molecule has 0 saturated carbocycles. The summed E-state index contributed by atoms with van der Waals surface area (Å²) in [6, 6.07) is 2.24. The van der Waals surface area contributed by atoms with Gasteiger partial charge in [-0.2, -0.15) is 0 Å². The topological polar surface area (TPSA) is 178 Å². The summed E-state index contributed by atoms with van der Waals surface area (Å²) in [6.07, 6.45) is -0.139. The smallest absolute Gasteiger partial charge is 0.426 e. The number of ether oxygens (including phenoxy) is 2. The van der Waals surface area contributed by atoms with E-state index in [1.165, 1.54) is 24.5 Å². The largest absolute Gasteiger partial charge is 0.458 e. The van der Waals surface area contributed by atoms with Crippen LogP contribution in [0.4, 0.5) is 9.18 Å². The molecule has 0 unspecified atom stereocenters. The molecule has 0 spiro atoms. The first kappa shape index (κ1) is 33.1. The number of aromatic nitrogens is 2. The molecular weight excluding hydrogens is 625 g/mol. The number of rotatable bonds is 4. The molecule has 0 fully saturated rings. The Bertz CT molecular complexity index is 2010. The van der Waals surface area contributed by atoms with E-state index in [9.17, 15) is 29.1 Å². The molecule has 48 heavy (non-hydrogen) atoms. The van der Waals surface area contributed by atoms with Gasteiger partial charge in [-0.1, -0.05) is 6.92 Å². The van der Waals surface area contributed by atoms with Gasteiger partial charge in [0, 0.05) is 22.6 Å². The van der Waals surface area contributed by atoms with E-state index in [1.807, 2.05) is 0 Å². The number of nitrogens with one attached hydrogen (secondary N) is 3. The first-order chi connectivity index (χ1) is 22.4. The number of halogens is 1. The van der Waals surface area contributed by atoms with Gasteiger partial charge in [0.2, 0.25) is 5.91 Å². The number of carbonyl (C=O) groups is 4. The van der Waals surface area contributed by atoms with Crippen molar-refractivity contribution >= 4 is 34.8 Å². The van der Waals surface area contributed by atoms with Gasteiger partial charge in [0.15, 0.2) is 5.60 Å². The number of aryl methyl sites for hydroxylation is 1. The summed E-state index contributed by atoms with van der Waals surface area (Å²) in [5.74, 6) is -2.71. The molecule has 6 rings (SSSR count). The molecule has 14 heteroatoms. The van der Waals surface area contributed by atoms with Gasteiger partial charge in [0.1, 0.15) is 23.4 Å². The van der Waals surface area contributed by atoms with Crippen LogP contribution in [-0.4, -0.2) is 44.1 Å². The maximum atomic E-state index is 15.2. The molecule has 1 aliphatic carbocycles. The van der Waals surface area contributed by atoms with Crippen molar-refractivity contribution in [3.63, 3.8) is 0 Å². The van der Waals surface area contributed by atoms with E-state index in [1.54, 1.807) is 40.7 Å². The molecule has 0 bridgehead atoms. The average Bonchev–Trinajstić information content (AvgIpc) is 3.38. The fourth-order valence-corrected chi connectivity index (χ4v) is 6.71. The second-order valence-electron chi connectivity index (χ2n) is 14.1. The number of hydrazine groups is 1. The van der Waals surface area contributed by atoms with Gasteiger partial charge in [0.05, 0.1) is 35.1 Å². The maximum absolute atomic E-state index is 15.2. The lowest BCUT2D eigenvalue weighted by molar-refractivity contribution is -0.172. The fourth-order valence-electron chi connectivity index (χ4n) is 6.71. The van der Waals surface area contributed by atoms with Crippen molar-refractivity contribution in [3.05, 3.63) is 61.7 Å². The predicted octanol–water partition coefficient (Wildman–Crippen LogP) is 3.21. The highest BCUT2D eigenvalue weighted by molar-refractivity contribution is 6.05. The second kappa shape index (κ2) is 11.1. The minimum atomic E-state index is -2.02. The van der Waals surface area contributed by atoms with Gasteiger partial charge in [-0.15, -0.1) is 0 Å². The number of nitrogens with zero attached hydrogens (tertiary/aromatic N) is 2. The molecule has 2 aromatic heterocycles. The predicted molar refractivity (Wildman–Crippen MR) is 170 cm³/mol. The number of carbonyl (C=O) groups excluding carboxylic acids is 4. The Balaban J connectivity index is 1.42. The summed E-state index contributed by atoms with van der Waals surface area (Å²) in [5, 5.41) is 14.9. The number of fused-ring (bicyclic) bond motifs is 5. The molecule has 3 aromatic rings. The molecule has 0 radical (unpaired) electrons. The van der Waals surface area contributed by atoms with Crippen LogP contribution in [0.25, 0.3) is 22.3 Å². The third-order valence-electron chi connectivity index (χ3n) is 9.50. The number of esters is 1. The molecule has 2 aliphatic heterocycles. The standard InChI is InChI=1S/C34H38FN5O8/c1-8-34(46)19-11-23-26-17(13-40(23)27(41)18(19)14-47-30(34)44)25-21(10-9-16-15(2)20(35)12-22(36-26)24(16)25)37-28(42)33(6,7)29(43)38-39-31(45)48-32(3,4)5/h11-12,21,46H,8-10,13-14H2,1-7H3,(H,37,42)(H,38,43)(H,39,45)/t21-,34-/m1/s1. The third kappa shape index (κ3) is 5.09. The molecule has 4 N–H and O–H groups in total. The zero-order valence-electron chi connectivity index (χ0n) is 27.8. The minimum absolute atomic E-state index is 0.0242. The summed E-state index contributed by atoms with van der Waals surface area (Å²) in [5.41, 5.74) is 3.29. The van der Waals surface area contributed by atoms with E-state index in [4.69, 9.17) is 14.5 Å². The number of pyridine rings is 2. The maximum Gasteiger partial charge on any atom is 0.426 e. The molecule has 1 aromatic carbocycles. The Labute approximate surface area is 275 Å². The highest BCUT2D eigenvalue weighted by Gasteiger charge is 2.46. The minimum Gasteiger partial charge on any atom is -0.458 e. The lowest BCUT2D eigenvalue weighted by Crippen LogP contribution is -2.54. The van der Waals surface area contributed by atoms with Crippen molar-refractivity contribution < 1.29 is 38.1 Å². The van der Waals surface area contributed by atoms with Crippen molar-refractivity contribution in [2.24, 2.45) is 5.41 Å². The molecule has 254 valence electrons. The Morgan fingerprint density at radius 3 is 2.48 bits per heavy atom. The van der Waals surface area contributed by atoms with Crippen LogP contribution in [0.5, 0.6) is 0 Å². The van der Waals surface area contributed by atoms with Gasteiger partial charge >= 0.3 is 12.1 Å². The van der Waals surface area contributed by atoms with Crippen molar-refractivity contribution in [3.8, 4) is 11.4 Å². The Kier molecular flexibility index (Phi) is 7.65. The molecule has 0 saturated heterocycles. The Morgan fingerprint density at radius 1 is 1.10 bits per heavy atom. The third-order valence-corrected chi connectivity index (χ3v) is 9.50. The zero-order chi connectivity index (χ0) is 35.1. The summed E-state index contributed by atoms with van der Waals surface area (Å²) in [7, 11) is 0. The van der Waals surface area contributed by atoms with Crippen LogP contribution in [0.2, 0.25) is 0 Å². The Morgan fingerprint density at radius 2 is 1.81 bits per heavy atom. The highest BCUT2D eigenvalue weighted by Crippen LogP contribution is 2.46. The van der Waals surface area contributed by atoms with E-state index < -0.39 is 57.9 Å². The van der Waals surface area contributed by atoms with Crippen LogP contribution in [0.15, 0.2) is 16.9 Å². The molecule has 4 heterocycles. The first-order valence-corrected chi connectivity index (χ1v) is 15.8. The van der Waals surface area contributed by atoms with Gasteiger partial charge in [-0.05, 0) is 83.6 Å². The summed E-state index contributed by atoms with van der Waals surface area (Å²) in [4.78, 5) is 70.2. The Hall–Kier alpha value is -4.85. The van der Waals surface area contributed by atoms with Crippen LogP contribution in [0.1, 0.15) is 93.8 Å². The quantitative estimate of drug-likeness (QED) is 0.145. The molecule has 2 atom stereocenters. The first-order valence-electron chi connectivity index (χ1n) is 15.8. The SMILES string of the molecule is CC[C@]1(O)C(=O)OCc2c1cc1n(c2=O)Cc2c-1nc1cc(F)c(C)c3c1c2[C@H](NC(=O)C(C)(C)C(=O)NNC(=O)OC(C)(C)C)CC3. The van der Waals surface area contributed by atoms with Gasteiger partial charge in [-0.3, -0.25) is 19.8 Å². The molecule has 13 nitrogen and oxygen atoms in total. The van der Waals surface area contributed by atoms with Gasteiger partial charge < -0.3 is 24.5 Å². The lowest BCUT2D eigenvalue weighted by Gasteiger charge is -2.32. The second-order valence-corrected chi connectivity index (χ2v) is 14.1.